The zero-order valence-electron chi connectivity index (χ0n) is 19.4. The number of halogens is 1. The number of thioether (sulfide) groups is 1. The molecule has 0 bridgehead atoms. The van der Waals surface area contributed by atoms with Gasteiger partial charge >= 0.3 is 0 Å². The van der Waals surface area contributed by atoms with Crippen molar-refractivity contribution in [2.75, 3.05) is 20.0 Å². The summed E-state index contributed by atoms with van der Waals surface area (Å²) in [5.41, 5.74) is 4.49. The van der Waals surface area contributed by atoms with Gasteiger partial charge in [0.15, 0.2) is 22.5 Å². The van der Waals surface area contributed by atoms with Crippen LogP contribution in [0.5, 0.6) is 17.2 Å². The van der Waals surface area contributed by atoms with Crippen LogP contribution in [0, 0.1) is 0 Å². The molecule has 4 rings (SSSR count). The van der Waals surface area contributed by atoms with Gasteiger partial charge in [-0.05, 0) is 60.7 Å². The molecular weight excluding hydrogens is 502 g/mol. The van der Waals surface area contributed by atoms with E-state index in [9.17, 15) is 9.90 Å². The summed E-state index contributed by atoms with van der Waals surface area (Å²) in [5.74, 6) is 1.27. The van der Waals surface area contributed by atoms with E-state index in [1.807, 2.05) is 41.0 Å². The first-order valence-corrected chi connectivity index (χ1v) is 12.0. The summed E-state index contributed by atoms with van der Waals surface area (Å²) in [5, 5.41) is 23.8. The average molecular weight is 524 g/mol. The Bertz CT molecular complexity index is 1370. The summed E-state index contributed by atoms with van der Waals surface area (Å²) in [6, 6.07) is 19.7. The zero-order chi connectivity index (χ0) is 25.5. The second-order valence-electron chi connectivity index (χ2n) is 7.33. The monoisotopic (exact) mass is 523 g/mol. The molecule has 0 aliphatic heterocycles. The number of amides is 1. The number of phenols is 1. The third-order valence-corrected chi connectivity index (χ3v) is 6.22. The third-order valence-electron chi connectivity index (χ3n) is 5.04. The van der Waals surface area contributed by atoms with Gasteiger partial charge in [0.1, 0.15) is 5.75 Å². The maximum absolute atomic E-state index is 12.4. The van der Waals surface area contributed by atoms with Gasteiger partial charge in [-0.2, -0.15) is 5.10 Å². The first-order chi connectivity index (χ1) is 17.5. The van der Waals surface area contributed by atoms with Crippen LogP contribution in [-0.2, 0) is 4.79 Å². The van der Waals surface area contributed by atoms with Crippen molar-refractivity contribution < 1.29 is 19.4 Å². The van der Waals surface area contributed by atoms with Gasteiger partial charge in [0.2, 0.25) is 0 Å². The van der Waals surface area contributed by atoms with Crippen LogP contribution in [0.4, 0.5) is 0 Å². The van der Waals surface area contributed by atoms with Gasteiger partial charge in [0, 0.05) is 21.8 Å². The number of para-hydroxylation sites is 1. The first-order valence-electron chi connectivity index (χ1n) is 10.7. The summed E-state index contributed by atoms with van der Waals surface area (Å²) >= 11 is 7.29. The van der Waals surface area contributed by atoms with Crippen LogP contribution in [-0.4, -0.2) is 52.0 Å². The van der Waals surface area contributed by atoms with E-state index in [1.165, 1.54) is 25.1 Å². The Morgan fingerprint density at radius 2 is 1.83 bits per heavy atom. The van der Waals surface area contributed by atoms with E-state index in [-0.39, 0.29) is 17.4 Å². The lowest BCUT2D eigenvalue weighted by atomic mass is 10.2. The molecule has 0 saturated carbocycles. The summed E-state index contributed by atoms with van der Waals surface area (Å²) in [7, 11) is 3.06. The molecule has 0 aliphatic rings. The van der Waals surface area contributed by atoms with Crippen LogP contribution in [0.3, 0.4) is 0 Å². The van der Waals surface area contributed by atoms with Crippen molar-refractivity contribution in [1.29, 1.82) is 0 Å². The molecule has 3 aromatic carbocycles. The largest absolute Gasteiger partial charge is 0.504 e. The average Bonchev–Trinajstić information content (AvgIpc) is 3.33. The smallest absolute Gasteiger partial charge is 0.250 e. The number of aromatic nitrogens is 3. The molecule has 1 amide bonds. The van der Waals surface area contributed by atoms with Gasteiger partial charge in [-0.3, -0.25) is 9.36 Å². The fourth-order valence-corrected chi connectivity index (χ4v) is 4.13. The van der Waals surface area contributed by atoms with E-state index in [0.717, 1.165) is 17.0 Å². The van der Waals surface area contributed by atoms with Crippen molar-refractivity contribution >= 4 is 35.5 Å². The summed E-state index contributed by atoms with van der Waals surface area (Å²) in [6.07, 6.45) is 1.35. The number of nitrogens with zero attached hydrogens (tertiary/aromatic N) is 4. The highest BCUT2D eigenvalue weighted by Crippen LogP contribution is 2.30. The molecule has 2 N–H and O–H groups in total. The van der Waals surface area contributed by atoms with E-state index in [1.54, 1.807) is 37.4 Å². The molecule has 0 radical (unpaired) electrons. The van der Waals surface area contributed by atoms with Gasteiger partial charge in [0.05, 0.1) is 26.2 Å². The highest BCUT2D eigenvalue weighted by Gasteiger charge is 2.17. The Labute approximate surface area is 216 Å². The van der Waals surface area contributed by atoms with E-state index in [4.69, 9.17) is 21.1 Å². The number of benzene rings is 3. The van der Waals surface area contributed by atoms with Crippen molar-refractivity contribution in [3.05, 3.63) is 77.3 Å². The van der Waals surface area contributed by atoms with E-state index >= 15 is 0 Å². The number of methoxy groups -OCH3 is 2. The van der Waals surface area contributed by atoms with E-state index < -0.39 is 0 Å². The van der Waals surface area contributed by atoms with Crippen molar-refractivity contribution in [3.63, 3.8) is 0 Å². The topological polar surface area (TPSA) is 111 Å². The van der Waals surface area contributed by atoms with Crippen molar-refractivity contribution in [3.8, 4) is 34.3 Å². The molecule has 0 unspecified atom stereocenters. The van der Waals surface area contributed by atoms with Crippen LogP contribution in [0.1, 0.15) is 5.56 Å². The minimum atomic E-state index is -0.352. The third kappa shape index (κ3) is 5.78. The molecule has 0 spiro atoms. The van der Waals surface area contributed by atoms with Gasteiger partial charge < -0.3 is 14.6 Å². The normalized spacial score (nSPS) is 11.0. The van der Waals surface area contributed by atoms with Gasteiger partial charge in [-0.15, -0.1) is 10.2 Å². The second kappa shape index (κ2) is 11.6. The molecule has 0 atom stereocenters. The number of carbonyl (C=O) groups excluding carboxylic acids is 1. The lowest BCUT2D eigenvalue weighted by Crippen LogP contribution is -2.20. The molecule has 0 fully saturated rings. The number of hydrogen-bond donors (Lipinski definition) is 2. The minimum Gasteiger partial charge on any atom is -0.504 e. The number of phenolic OH excluding ortho intramolecular Hbond substituents is 1. The highest BCUT2D eigenvalue weighted by atomic mass is 35.5. The number of nitrogens with one attached hydrogen (secondary N) is 1. The molecule has 1 heterocycles. The second-order valence-corrected chi connectivity index (χ2v) is 8.71. The molecule has 184 valence electrons. The van der Waals surface area contributed by atoms with E-state index in [2.05, 4.69) is 20.7 Å². The Morgan fingerprint density at radius 1 is 1.08 bits per heavy atom. The van der Waals surface area contributed by atoms with Crippen LogP contribution < -0.4 is 14.9 Å². The maximum atomic E-state index is 12.4. The number of aromatic hydroxyl groups is 1. The maximum Gasteiger partial charge on any atom is 0.250 e. The quantitative estimate of drug-likeness (QED) is 0.188. The van der Waals surface area contributed by atoms with Crippen LogP contribution in [0.15, 0.2) is 77.0 Å². The van der Waals surface area contributed by atoms with Gasteiger partial charge in [-0.1, -0.05) is 29.4 Å². The molecule has 11 heteroatoms. The summed E-state index contributed by atoms with van der Waals surface area (Å²) < 4.78 is 12.2. The number of ether oxygens (including phenoxy) is 2. The molecule has 1 aromatic heterocycles. The first kappa shape index (κ1) is 25.1. The standard InChI is InChI=1S/C25H22ClN5O4S/c1-34-20-12-6-16(7-13-20)24-29-30-25(31(24)19-10-8-18(26)9-11-19)36-15-22(32)28-27-14-17-4-3-5-21(35-2)23(17)33/h3-14,33H,15H2,1-2H3,(H,28,32)/b27-14-. The number of carbonyl (C=O) groups is 1. The lowest BCUT2D eigenvalue weighted by molar-refractivity contribution is -0.118. The van der Waals surface area contributed by atoms with Crippen molar-refractivity contribution in [1.82, 2.24) is 20.2 Å². The number of hydrogen-bond acceptors (Lipinski definition) is 8. The summed E-state index contributed by atoms with van der Waals surface area (Å²) in [6.45, 7) is 0. The Morgan fingerprint density at radius 3 is 2.53 bits per heavy atom. The fourth-order valence-electron chi connectivity index (χ4n) is 3.26. The molecule has 36 heavy (non-hydrogen) atoms. The predicted octanol–water partition coefficient (Wildman–Crippen LogP) is 4.55. The van der Waals surface area contributed by atoms with E-state index in [0.29, 0.717) is 27.3 Å². The van der Waals surface area contributed by atoms with Crippen LogP contribution >= 0.6 is 23.4 Å². The van der Waals surface area contributed by atoms with Crippen molar-refractivity contribution in [2.45, 2.75) is 5.16 Å². The Hall–Kier alpha value is -4.02. The molecule has 9 nitrogen and oxygen atoms in total. The zero-order valence-corrected chi connectivity index (χ0v) is 21.0. The Balaban J connectivity index is 1.51. The van der Waals surface area contributed by atoms with Crippen LogP contribution in [0.25, 0.3) is 17.1 Å². The Kier molecular flexibility index (Phi) is 8.09. The molecule has 4 aromatic rings. The van der Waals surface area contributed by atoms with Gasteiger partial charge in [-0.25, -0.2) is 5.43 Å². The molecular formula is C25H22ClN5O4S. The van der Waals surface area contributed by atoms with Crippen LogP contribution in [0.2, 0.25) is 5.02 Å². The highest BCUT2D eigenvalue weighted by molar-refractivity contribution is 7.99. The summed E-state index contributed by atoms with van der Waals surface area (Å²) in [4.78, 5) is 12.4. The SMILES string of the molecule is COc1ccc(-c2nnc(SCC(=O)N/N=C\c3cccc(OC)c3O)n2-c2ccc(Cl)cc2)cc1. The lowest BCUT2D eigenvalue weighted by Gasteiger charge is -2.11. The number of rotatable bonds is 9. The number of hydrazone groups is 1. The molecule has 0 aliphatic carbocycles. The fraction of sp³-hybridized carbons (Fsp3) is 0.120. The predicted molar refractivity (Wildman–Crippen MR) is 139 cm³/mol. The van der Waals surface area contributed by atoms with Crippen molar-refractivity contribution in [2.24, 2.45) is 5.10 Å². The van der Waals surface area contributed by atoms with Gasteiger partial charge in [0.25, 0.3) is 5.91 Å². The minimum absolute atomic E-state index is 0.0375. The molecule has 0 saturated heterocycles.